The Bertz CT molecular complexity index is 705. The summed E-state index contributed by atoms with van der Waals surface area (Å²) in [5.41, 5.74) is 0.604. The molecule has 2 aliphatic rings. The molecule has 0 atom stereocenters. The zero-order valence-corrected chi connectivity index (χ0v) is 18.5. The molecule has 0 bridgehead atoms. The molecule has 1 aromatic rings. The van der Waals surface area contributed by atoms with Gasteiger partial charge in [0.15, 0.2) is 11.5 Å². The maximum absolute atomic E-state index is 13.0. The van der Waals surface area contributed by atoms with Crippen molar-refractivity contribution in [1.29, 1.82) is 0 Å². The van der Waals surface area contributed by atoms with Crippen molar-refractivity contribution in [2.75, 3.05) is 39.9 Å². The van der Waals surface area contributed by atoms with Gasteiger partial charge in [-0.1, -0.05) is 26.2 Å². The maximum atomic E-state index is 13.0. The van der Waals surface area contributed by atoms with Crippen LogP contribution in [-0.4, -0.2) is 61.5 Å². The van der Waals surface area contributed by atoms with Crippen molar-refractivity contribution >= 4 is 11.8 Å². The number of ether oxygens (including phenoxy) is 2. The van der Waals surface area contributed by atoms with E-state index in [1.165, 1.54) is 12.8 Å². The molecule has 166 valence electrons. The van der Waals surface area contributed by atoms with Crippen LogP contribution in [0.1, 0.15) is 68.6 Å². The second-order valence-corrected chi connectivity index (χ2v) is 8.37. The zero-order valence-electron chi connectivity index (χ0n) is 18.5. The van der Waals surface area contributed by atoms with Gasteiger partial charge in [0.25, 0.3) is 5.91 Å². The first-order valence-electron chi connectivity index (χ1n) is 11.5. The molecule has 2 heterocycles. The van der Waals surface area contributed by atoms with Crippen LogP contribution in [0, 0.1) is 5.92 Å². The minimum Gasteiger partial charge on any atom is -0.493 e. The van der Waals surface area contributed by atoms with Crippen LogP contribution < -0.4 is 9.47 Å². The van der Waals surface area contributed by atoms with Gasteiger partial charge in [0.2, 0.25) is 5.91 Å². The first-order valence-corrected chi connectivity index (χ1v) is 11.5. The van der Waals surface area contributed by atoms with Gasteiger partial charge < -0.3 is 19.3 Å². The molecule has 30 heavy (non-hydrogen) atoms. The molecule has 3 rings (SSSR count). The predicted octanol–water partition coefficient (Wildman–Crippen LogP) is 4.13. The highest BCUT2D eigenvalue weighted by molar-refractivity contribution is 5.95. The summed E-state index contributed by atoms with van der Waals surface area (Å²) in [5, 5.41) is 0. The summed E-state index contributed by atoms with van der Waals surface area (Å²) in [7, 11) is 1.59. The van der Waals surface area contributed by atoms with E-state index in [0.717, 1.165) is 51.6 Å². The number of piperidine rings is 1. The second-order valence-electron chi connectivity index (χ2n) is 8.37. The molecule has 0 aromatic heterocycles. The molecular formula is C24H36N2O4. The molecule has 0 spiro atoms. The molecule has 0 N–H and O–H groups in total. The fourth-order valence-electron chi connectivity index (χ4n) is 4.31. The third-order valence-electron chi connectivity index (χ3n) is 6.22. The SMILES string of the molecule is CCCCOc1ccc(C(=O)N2CCC(C(=O)N3CCCCCC3)CC2)cc1OC. The second kappa shape index (κ2) is 11.2. The van der Waals surface area contributed by atoms with Crippen molar-refractivity contribution in [3.8, 4) is 11.5 Å². The molecule has 2 aliphatic heterocycles. The van der Waals surface area contributed by atoms with E-state index in [-0.39, 0.29) is 11.8 Å². The quantitative estimate of drug-likeness (QED) is 0.627. The van der Waals surface area contributed by atoms with Gasteiger partial charge >= 0.3 is 0 Å². The van der Waals surface area contributed by atoms with Gasteiger partial charge in [-0.15, -0.1) is 0 Å². The molecule has 2 amide bonds. The summed E-state index contributed by atoms with van der Waals surface area (Å²) >= 11 is 0. The lowest BCUT2D eigenvalue weighted by Gasteiger charge is -2.34. The van der Waals surface area contributed by atoms with Crippen LogP contribution in [0.15, 0.2) is 18.2 Å². The van der Waals surface area contributed by atoms with Crippen LogP contribution in [0.5, 0.6) is 11.5 Å². The average molecular weight is 417 g/mol. The van der Waals surface area contributed by atoms with Crippen molar-refractivity contribution in [1.82, 2.24) is 9.80 Å². The normalized spacial score (nSPS) is 18.1. The van der Waals surface area contributed by atoms with Gasteiger partial charge in [-0.25, -0.2) is 0 Å². The Hall–Kier alpha value is -2.24. The van der Waals surface area contributed by atoms with Crippen molar-refractivity contribution in [3.63, 3.8) is 0 Å². The van der Waals surface area contributed by atoms with E-state index >= 15 is 0 Å². The van der Waals surface area contributed by atoms with Crippen LogP contribution >= 0.6 is 0 Å². The summed E-state index contributed by atoms with van der Waals surface area (Å²) in [5.74, 6) is 1.59. The minimum absolute atomic E-state index is 0.00548. The van der Waals surface area contributed by atoms with E-state index in [2.05, 4.69) is 11.8 Å². The van der Waals surface area contributed by atoms with Gasteiger partial charge in [0.05, 0.1) is 13.7 Å². The highest BCUT2D eigenvalue weighted by Gasteiger charge is 2.31. The molecule has 1 aromatic carbocycles. The van der Waals surface area contributed by atoms with Gasteiger partial charge in [0, 0.05) is 37.7 Å². The van der Waals surface area contributed by atoms with E-state index < -0.39 is 0 Å². The van der Waals surface area contributed by atoms with E-state index in [0.29, 0.717) is 42.7 Å². The van der Waals surface area contributed by atoms with Crippen LogP contribution in [-0.2, 0) is 4.79 Å². The number of likely N-dealkylation sites (tertiary alicyclic amines) is 2. The number of benzene rings is 1. The molecule has 6 heteroatoms. The number of amides is 2. The Morgan fingerprint density at radius 2 is 1.67 bits per heavy atom. The molecule has 2 fully saturated rings. The van der Waals surface area contributed by atoms with Gasteiger partial charge in [-0.2, -0.15) is 0 Å². The number of hydrogen-bond acceptors (Lipinski definition) is 4. The average Bonchev–Trinajstić information content (AvgIpc) is 3.08. The van der Waals surface area contributed by atoms with Crippen molar-refractivity contribution in [2.45, 2.75) is 58.3 Å². The molecule has 0 saturated carbocycles. The summed E-state index contributed by atoms with van der Waals surface area (Å²) in [6.45, 7) is 5.79. The highest BCUT2D eigenvalue weighted by atomic mass is 16.5. The third-order valence-corrected chi connectivity index (χ3v) is 6.22. The Kier molecular flexibility index (Phi) is 8.40. The summed E-state index contributed by atoms with van der Waals surface area (Å²) < 4.78 is 11.2. The minimum atomic E-state index is -0.00548. The lowest BCUT2D eigenvalue weighted by molar-refractivity contribution is -0.136. The fourth-order valence-corrected chi connectivity index (χ4v) is 4.31. The molecule has 0 unspecified atom stereocenters. The Morgan fingerprint density at radius 1 is 0.967 bits per heavy atom. The number of carbonyl (C=O) groups is 2. The summed E-state index contributed by atoms with van der Waals surface area (Å²) in [6, 6.07) is 5.38. The number of carbonyl (C=O) groups excluding carboxylic acids is 2. The molecular weight excluding hydrogens is 380 g/mol. The molecule has 2 saturated heterocycles. The van der Waals surface area contributed by atoms with E-state index in [9.17, 15) is 9.59 Å². The monoisotopic (exact) mass is 416 g/mol. The van der Waals surface area contributed by atoms with Crippen LogP contribution in [0.25, 0.3) is 0 Å². The van der Waals surface area contributed by atoms with E-state index in [4.69, 9.17) is 9.47 Å². The number of unbranched alkanes of at least 4 members (excludes halogenated alkanes) is 1. The van der Waals surface area contributed by atoms with Crippen LogP contribution in [0.4, 0.5) is 0 Å². The Balaban J connectivity index is 1.56. The third kappa shape index (κ3) is 5.67. The summed E-state index contributed by atoms with van der Waals surface area (Å²) in [4.78, 5) is 29.8. The number of rotatable bonds is 7. The number of nitrogens with zero attached hydrogens (tertiary/aromatic N) is 2. The Labute approximate surface area is 180 Å². The van der Waals surface area contributed by atoms with Crippen LogP contribution in [0.2, 0.25) is 0 Å². The largest absolute Gasteiger partial charge is 0.493 e. The highest BCUT2D eigenvalue weighted by Crippen LogP contribution is 2.30. The van der Waals surface area contributed by atoms with E-state index in [1.54, 1.807) is 19.2 Å². The molecule has 6 nitrogen and oxygen atoms in total. The van der Waals surface area contributed by atoms with Crippen molar-refractivity contribution in [2.24, 2.45) is 5.92 Å². The Morgan fingerprint density at radius 3 is 2.30 bits per heavy atom. The van der Waals surface area contributed by atoms with Gasteiger partial charge in [-0.3, -0.25) is 9.59 Å². The van der Waals surface area contributed by atoms with E-state index in [1.807, 2.05) is 11.0 Å². The first kappa shape index (κ1) is 22.4. The van der Waals surface area contributed by atoms with Crippen molar-refractivity contribution in [3.05, 3.63) is 23.8 Å². The lowest BCUT2D eigenvalue weighted by Crippen LogP contribution is -2.44. The van der Waals surface area contributed by atoms with Gasteiger partial charge in [-0.05, 0) is 50.3 Å². The fraction of sp³-hybridized carbons (Fsp3) is 0.667. The smallest absolute Gasteiger partial charge is 0.253 e. The number of methoxy groups -OCH3 is 1. The summed E-state index contributed by atoms with van der Waals surface area (Å²) in [6.07, 6.45) is 8.22. The zero-order chi connectivity index (χ0) is 21.3. The lowest BCUT2D eigenvalue weighted by atomic mass is 9.94. The predicted molar refractivity (Wildman–Crippen MR) is 117 cm³/mol. The maximum Gasteiger partial charge on any atom is 0.253 e. The molecule has 0 radical (unpaired) electrons. The van der Waals surface area contributed by atoms with Gasteiger partial charge in [0.1, 0.15) is 0 Å². The molecule has 0 aliphatic carbocycles. The topological polar surface area (TPSA) is 59.1 Å². The number of hydrogen-bond donors (Lipinski definition) is 0. The van der Waals surface area contributed by atoms with Crippen LogP contribution in [0.3, 0.4) is 0 Å². The van der Waals surface area contributed by atoms with Crippen molar-refractivity contribution < 1.29 is 19.1 Å². The standard InChI is InChI=1S/C24H36N2O4/c1-3-4-17-30-21-10-9-20(18-22(21)29-2)24(28)26-15-11-19(12-16-26)23(27)25-13-7-5-6-8-14-25/h9-10,18-19H,3-8,11-17H2,1-2H3. The first-order chi connectivity index (χ1) is 14.6.